The van der Waals surface area contributed by atoms with Crippen molar-refractivity contribution in [3.8, 4) is 17.6 Å². The molecule has 0 atom stereocenters. The van der Waals surface area contributed by atoms with Crippen molar-refractivity contribution in [2.75, 3.05) is 23.3 Å². The Hall–Kier alpha value is -3.91. The molecule has 0 spiro atoms. The molecule has 8 heteroatoms. The number of anilines is 2. The molecule has 0 unspecified atom stereocenters. The van der Waals surface area contributed by atoms with Crippen molar-refractivity contribution in [1.82, 2.24) is 15.0 Å². The molecule has 2 aromatic carbocycles. The van der Waals surface area contributed by atoms with Crippen molar-refractivity contribution in [2.24, 2.45) is 5.73 Å². The fraction of sp³-hybridized carbons (Fsp3) is 0.240. The highest BCUT2D eigenvalue weighted by Gasteiger charge is 2.16. The minimum Gasteiger partial charge on any atom is -0.493 e. The fourth-order valence-electron chi connectivity index (χ4n) is 3.92. The summed E-state index contributed by atoms with van der Waals surface area (Å²) in [5.41, 5.74) is 9.97. The van der Waals surface area contributed by atoms with Gasteiger partial charge in [0.2, 0.25) is 5.88 Å². The first-order valence-electron chi connectivity index (χ1n) is 11.1. The number of hydrogen-bond acceptors (Lipinski definition) is 8. The van der Waals surface area contributed by atoms with E-state index in [2.05, 4.69) is 49.4 Å². The first-order valence-corrected chi connectivity index (χ1v) is 11.1. The highest BCUT2D eigenvalue weighted by atomic mass is 16.5. The third-order valence-corrected chi connectivity index (χ3v) is 5.86. The molecule has 1 fully saturated rings. The maximum Gasteiger partial charge on any atom is 0.325 e. The molecule has 8 nitrogen and oxygen atoms in total. The average molecular weight is 443 g/mol. The second-order valence-corrected chi connectivity index (χ2v) is 8.19. The number of ether oxygens (including phenoxy) is 1. The molecule has 168 valence electrons. The van der Waals surface area contributed by atoms with Crippen LogP contribution in [0.25, 0.3) is 10.9 Å². The normalized spacial score (nSPS) is 14.4. The molecule has 3 heterocycles. The first kappa shape index (κ1) is 21.0. The fourth-order valence-corrected chi connectivity index (χ4v) is 3.92. The van der Waals surface area contributed by atoms with Gasteiger partial charge in [-0.2, -0.15) is 9.97 Å². The summed E-state index contributed by atoms with van der Waals surface area (Å²) in [6, 6.07) is 18.3. The van der Waals surface area contributed by atoms with Gasteiger partial charge in [0, 0.05) is 43.2 Å². The van der Waals surface area contributed by atoms with Crippen LogP contribution in [0.2, 0.25) is 0 Å². The van der Waals surface area contributed by atoms with E-state index in [1.54, 1.807) is 18.5 Å². The van der Waals surface area contributed by atoms with E-state index >= 15 is 0 Å². The molecule has 0 bridgehead atoms. The third kappa shape index (κ3) is 4.96. The van der Waals surface area contributed by atoms with Gasteiger partial charge >= 0.3 is 6.01 Å². The number of nitrogens with zero attached hydrogens (tertiary/aromatic N) is 4. The Morgan fingerprint density at radius 1 is 1.00 bits per heavy atom. The van der Waals surface area contributed by atoms with Crippen LogP contribution in [0.3, 0.4) is 0 Å². The Labute approximate surface area is 192 Å². The van der Waals surface area contributed by atoms with E-state index in [0.717, 1.165) is 38.2 Å². The summed E-state index contributed by atoms with van der Waals surface area (Å²) in [5, 5.41) is 14.0. The van der Waals surface area contributed by atoms with Crippen LogP contribution in [0, 0.1) is 0 Å². The van der Waals surface area contributed by atoms with Gasteiger partial charge in [-0.15, -0.1) is 0 Å². The summed E-state index contributed by atoms with van der Waals surface area (Å²) >= 11 is 0. The van der Waals surface area contributed by atoms with Gasteiger partial charge < -0.3 is 25.8 Å². The van der Waals surface area contributed by atoms with Gasteiger partial charge in [-0.05, 0) is 60.9 Å². The lowest BCUT2D eigenvalue weighted by atomic mass is 10.1. The molecule has 2 aromatic heterocycles. The van der Waals surface area contributed by atoms with Crippen molar-refractivity contribution in [1.29, 1.82) is 0 Å². The molecule has 4 N–H and O–H groups in total. The van der Waals surface area contributed by atoms with Gasteiger partial charge in [-0.3, -0.25) is 4.98 Å². The van der Waals surface area contributed by atoms with Gasteiger partial charge in [0.05, 0.1) is 17.1 Å². The number of nitrogens with two attached hydrogens (primary N) is 1. The van der Waals surface area contributed by atoms with Crippen molar-refractivity contribution in [3.63, 3.8) is 0 Å². The summed E-state index contributed by atoms with van der Waals surface area (Å²) in [6.07, 6.45) is 5.24. The first-order chi connectivity index (χ1) is 16.1. The van der Waals surface area contributed by atoms with Crippen LogP contribution in [0.4, 0.5) is 11.4 Å². The van der Waals surface area contributed by atoms with Crippen LogP contribution in [-0.2, 0) is 6.54 Å². The van der Waals surface area contributed by atoms with E-state index in [1.807, 2.05) is 24.3 Å². The van der Waals surface area contributed by atoms with Gasteiger partial charge in [-0.25, -0.2) is 0 Å². The van der Waals surface area contributed by atoms with Crippen molar-refractivity contribution in [3.05, 3.63) is 72.6 Å². The lowest BCUT2D eigenvalue weighted by Crippen LogP contribution is -2.39. The number of aromatic nitrogens is 3. The molecule has 0 saturated carbocycles. The molecule has 1 saturated heterocycles. The SMILES string of the molecule is NC1CCN(c2ccc(CNc3ccc(Oc4nc(O)c5ccncc5n4)cc3)cc2)CC1. The Morgan fingerprint density at radius 2 is 1.76 bits per heavy atom. The van der Waals surface area contributed by atoms with Gasteiger partial charge in [-0.1, -0.05) is 12.1 Å². The quantitative estimate of drug-likeness (QED) is 0.410. The molecule has 5 rings (SSSR count). The standard InChI is InChI=1S/C25H26N6O2/c26-18-10-13-31(14-11-18)20-5-1-17(2-6-20)15-28-19-3-7-21(8-4-19)33-25-29-23-16-27-12-9-22(23)24(32)30-25/h1-9,12,16,18,28H,10-11,13-15,26H2,(H,29,30,32). The highest BCUT2D eigenvalue weighted by Crippen LogP contribution is 2.26. The van der Waals surface area contributed by atoms with E-state index in [1.165, 1.54) is 11.3 Å². The molecular weight excluding hydrogens is 416 g/mol. The van der Waals surface area contributed by atoms with Gasteiger partial charge in [0.15, 0.2) is 0 Å². The number of rotatable bonds is 6. The minimum atomic E-state index is -0.134. The minimum absolute atomic E-state index is 0.0736. The Balaban J connectivity index is 1.17. The van der Waals surface area contributed by atoms with Crippen LogP contribution < -0.4 is 20.7 Å². The van der Waals surface area contributed by atoms with E-state index in [9.17, 15) is 5.11 Å². The number of aromatic hydroxyl groups is 1. The third-order valence-electron chi connectivity index (χ3n) is 5.86. The molecular formula is C25H26N6O2. The Kier molecular flexibility index (Phi) is 5.91. The number of fused-ring (bicyclic) bond motifs is 1. The smallest absolute Gasteiger partial charge is 0.325 e. The molecule has 1 aliphatic rings. The number of nitrogens with one attached hydrogen (secondary N) is 1. The predicted octanol–water partition coefficient (Wildman–Crippen LogP) is 4.06. The predicted molar refractivity (Wildman–Crippen MR) is 129 cm³/mol. The van der Waals surface area contributed by atoms with Gasteiger partial charge in [0.1, 0.15) is 5.75 Å². The highest BCUT2D eigenvalue weighted by molar-refractivity contribution is 5.82. The van der Waals surface area contributed by atoms with E-state index < -0.39 is 0 Å². The Morgan fingerprint density at radius 3 is 2.52 bits per heavy atom. The van der Waals surface area contributed by atoms with Crippen LogP contribution >= 0.6 is 0 Å². The summed E-state index contributed by atoms with van der Waals surface area (Å²) in [5.74, 6) is 0.444. The zero-order chi connectivity index (χ0) is 22.6. The van der Waals surface area contributed by atoms with Crippen molar-refractivity contribution >= 4 is 22.3 Å². The lowest BCUT2D eigenvalue weighted by molar-refractivity contribution is 0.412. The molecule has 0 aliphatic carbocycles. The van der Waals surface area contributed by atoms with Crippen molar-refractivity contribution < 1.29 is 9.84 Å². The summed E-state index contributed by atoms with van der Waals surface area (Å²) in [7, 11) is 0. The van der Waals surface area contributed by atoms with E-state index in [-0.39, 0.29) is 11.9 Å². The van der Waals surface area contributed by atoms with E-state index in [0.29, 0.717) is 22.7 Å². The monoisotopic (exact) mass is 442 g/mol. The van der Waals surface area contributed by atoms with E-state index in [4.69, 9.17) is 10.5 Å². The summed E-state index contributed by atoms with van der Waals surface area (Å²) in [6.45, 7) is 2.77. The zero-order valence-electron chi connectivity index (χ0n) is 18.2. The zero-order valence-corrected chi connectivity index (χ0v) is 18.2. The Bertz CT molecular complexity index is 1220. The largest absolute Gasteiger partial charge is 0.493 e. The number of hydrogen-bond donors (Lipinski definition) is 3. The van der Waals surface area contributed by atoms with Gasteiger partial charge in [0.25, 0.3) is 0 Å². The number of piperidine rings is 1. The second kappa shape index (κ2) is 9.30. The van der Waals surface area contributed by atoms with Crippen molar-refractivity contribution in [2.45, 2.75) is 25.4 Å². The molecule has 1 aliphatic heterocycles. The van der Waals surface area contributed by atoms with Crippen LogP contribution in [0.1, 0.15) is 18.4 Å². The molecule has 4 aromatic rings. The second-order valence-electron chi connectivity index (χ2n) is 8.19. The van der Waals surface area contributed by atoms with Crippen LogP contribution in [-0.4, -0.2) is 39.2 Å². The summed E-state index contributed by atoms with van der Waals surface area (Å²) < 4.78 is 5.71. The topological polar surface area (TPSA) is 109 Å². The van der Waals surface area contributed by atoms with Crippen LogP contribution in [0.15, 0.2) is 67.0 Å². The summed E-state index contributed by atoms with van der Waals surface area (Å²) in [4.78, 5) is 14.7. The number of pyridine rings is 1. The maximum atomic E-state index is 10.1. The lowest BCUT2D eigenvalue weighted by Gasteiger charge is -2.32. The van der Waals surface area contributed by atoms with Crippen LogP contribution in [0.5, 0.6) is 17.6 Å². The molecule has 33 heavy (non-hydrogen) atoms. The number of benzene rings is 2. The maximum absolute atomic E-state index is 10.1. The average Bonchev–Trinajstić information content (AvgIpc) is 2.85. The molecule has 0 amide bonds. The molecule has 0 radical (unpaired) electrons.